The first kappa shape index (κ1) is 27.0. The van der Waals surface area contributed by atoms with E-state index in [0.29, 0.717) is 38.2 Å². The van der Waals surface area contributed by atoms with Crippen LogP contribution in [0.5, 0.6) is 0 Å². The highest BCUT2D eigenvalue weighted by atomic mass is 16.2. The molecule has 2 atom stereocenters. The van der Waals surface area contributed by atoms with Gasteiger partial charge in [0.1, 0.15) is 11.9 Å². The molecular formula is C32H38N8O. The monoisotopic (exact) mass is 550 g/mol. The smallest absolute Gasteiger partial charge is 0.246 e. The summed E-state index contributed by atoms with van der Waals surface area (Å²) in [6.45, 7) is 16.7. The van der Waals surface area contributed by atoms with Crippen molar-refractivity contribution in [3.05, 3.63) is 77.8 Å². The third-order valence-corrected chi connectivity index (χ3v) is 8.86. The van der Waals surface area contributed by atoms with E-state index in [1.54, 1.807) is 4.90 Å². The Morgan fingerprint density at radius 2 is 1.95 bits per heavy atom. The number of carbonyl (C=O) groups excluding carboxylic acids is 1. The minimum atomic E-state index is -0.198. The summed E-state index contributed by atoms with van der Waals surface area (Å²) in [5, 5.41) is 6.05. The van der Waals surface area contributed by atoms with Crippen LogP contribution in [0.1, 0.15) is 24.1 Å². The number of aromatic nitrogens is 2. The Bertz CT molecular complexity index is 1480. The van der Waals surface area contributed by atoms with Crippen LogP contribution < -0.4 is 15.1 Å². The number of carbonyl (C=O) groups is 1. The summed E-state index contributed by atoms with van der Waals surface area (Å²) in [7, 11) is 2.18. The topological polar surface area (TPSA) is 72.2 Å². The Morgan fingerprint density at radius 1 is 1.10 bits per heavy atom. The highest BCUT2D eigenvalue weighted by Gasteiger charge is 2.34. The van der Waals surface area contributed by atoms with Gasteiger partial charge >= 0.3 is 0 Å². The molecule has 1 amide bonds. The van der Waals surface area contributed by atoms with Gasteiger partial charge in [0, 0.05) is 55.4 Å². The van der Waals surface area contributed by atoms with Gasteiger partial charge in [-0.05, 0) is 50.4 Å². The van der Waals surface area contributed by atoms with E-state index < -0.39 is 0 Å². The Kier molecular flexibility index (Phi) is 7.75. The summed E-state index contributed by atoms with van der Waals surface area (Å²) < 4.78 is 0. The molecular weight excluding hydrogens is 512 g/mol. The van der Waals surface area contributed by atoms with Crippen LogP contribution >= 0.6 is 0 Å². The molecule has 41 heavy (non-hydrogen) atoms. The third kappa shape index (κ3) is 5.44. The van der Waals surface area contributed by atoms with Gasteiger partial charge in [0.25, 0.3) is 0 Å². The Balaban J connectivity index is 1.33. The number of hydrogen-bond donors (Lipinski definition) is 1. The molecule has 4 heterocycles. The van der Waals surface area contributed by atoms with Crippen LogP contribution in [-0.4, -0.2) is 90.6 Å². The van der Waals surface area contributed by atoms with E-state index in [1.807, 2.05) is 0 Å². The lowest BCUT2D eigenvalue weighted by Gasteiger charge is -2.41. The first-order valence-electron chi connectivity index (χ1n) is 14.6. The van der Waals surface area contributed by atoms with Crippen LogP contribution in [0.15, 0.2) is 55.1 Å². The Hall–Kier alpha value is -4.16. The van der Waals surface area contributed by atoms with E-state index in [9.17, 15) is 4.79 Å². The van der Waals surface area contributed by atoms with Crippen LogP contribution in [0.2, 0.25) is 0 Å². The maximum atomic E-state index is 12.5. The predicted octanol–water partition coefficient (Wildman–Crippen LogP) is 3.82. The fourth-order valence-electron chi connectivity index (χ4n) is 6.60. The standard InChI is InChI=1S/C32H38N8O/c1-4-30(41)40-18-17-39(21-25(40)19-33-2)31-27-14-16-38(29-13-7-10-23-9-5-6-12-26(23)29)22-28(27)35-32(36-31)34-20-24-11-8-15-37(24)3/h4-7,9-10,12-13,24-25H,1,8,11,14-22H2,3H3,(H,34,35,36)/t24-,25-/m0/s1. The quantitative estimate of drug-likeness (QED) is 0.354. The van der Waals surface area contributed by atoms with E-state index in [2.05, 4.69) is 81.0 Å². The highest BCUT2D eigenvalue weighted by molar-refractivity contribution is 5.94. The van der Waals surface area contributed by atoms with Crippen LogP contribution in [0.25, 0.3) is 15.6 Å². The summed E-state index contributed by atoms with van der Waals surface area (Å²) in [4.78, 5) is 35.2. The molecule has 1 aromatic heterocycles. The average Bonchev–Trinajstić information content (AvgIpc) is 3.43. The lowest BCUT2D eigenvalue weighted by molar-refractivity contribution is -0.128. The minimum absolute atomic E-state index is 0.114. The lowest BCUT2D eigenvalue weighted by atomic mass is 10.0. The molecule has 3 aromatic rings. The molecule has 212 valence electrons. The van der Waals surface area contributed by atoms with Crippen molar-refractivity contribution < 1.29 is 4.79 Å². The molecule has 0 radical (unpaired) electrons. The molecule has 2 aromatic carbocycles. The number of likely N-dealkylation sites (tertiary alicyclic amines) is 1. The third-order valence-electron chi connectivity index (χ3n) is 8.86. The summed E-state index contributed by atoms with van der Waals surface area (Å²) in [6.07, 6.45) is 4.57. The molecule has 2 fully saturated rings. The summed E-state index contributed by atoms with van der Waals surface area (Å²) in [5.74, 6) is 1.48. The first-order valence-corrected chi connectivity index (χ1v) is 14.6. The second-order valence-corrected chi connectivity index (χ2v) is 11.3. The number of piperazine rings is 1. The molecule has 9 nitrogen and oxygen atoms in total. The zero-order chi connectivity index (χ0) is 28.3. The summed E-state index contributed by atoms with van der Waals surface area (Å²) >= 11 is 0. The van der Waals surface area contributed by atoms with Crippen LogP contribution in [0, 0.1) is 6.57 Å². The van der Waals surface area contributed by atoms with Gasteiger partial charge in [-0.2, -0.15) is 4.98 Å². The molecule has 0 bridgehead atoms. The van der Waals surface area contributed by atoms with E-state index in [1.165, 1.54) is 40.9 Å². The zero-order valence-corrected chi connectivity index (χ0v) is 23.8. The average molecular weight is 551 g/mol. The van der Waals surface area contributed by atoms with E-state index in [-0.39, 0.29) is 18.5 Å². The molecule has 0 saturated carbocycles. The molecule has 0 spiro atoms. The summed E-state index contributed by atoms with van der Waals surface area (Å²) in [5.41, 5.74) is 3.45. The van der Waals surface area contributed by atoms with Crippen molar-refractivity contribution in [2.75, 3.05) is 68.0 Å². The maximum Gasteiger partial charge on any atom is 0.246 e. The molecule has 1 N–H and O–H groups in total. The molecule has 0 aliphatic carbocycles. The van der Waals surface area contributed by atoms with E-state index in [4.69, 9.17) is 16.5 Å². The Labute approximate surface area is 242 Å². The largest absolute Gasteiger partial charge is 0.365 e. The minimum Gasteiger partial charge on any atom is -0.365 e. The Morgan fingerprint density at radius 3 is 2.76 bits per heavy atom. The lowest BCUT2D eigenvalue weighted by Crippen LogP contribution is -2.56. The second kappa shape index (κ2) is 11.8. The van der Waals surface area contributed by atoms with Crippen molar-refractivity contribution in [2.24, 2.45) is 0 Å². The molecule has 3 aliphatic rings. The number of hydrogen-bond acceptors (Lipinski definition) is 7. The zero-order valence-electron chi connectivity index (χ0n) is 23.8. The van der Waals surface area contributed by atoms with Gasteiger partial charge in [-0.25, -0.2) is 11.6 Å². The van der Waals surface area contributed by atoms with Gasteiger partial charge in [-0.3, -0.25) is 4.79 Å². The second-order valence-electron chi connectivity index (χ2n) is 11.3. The number of nitrogens with zero attached hydrogens (tertiary/aromatic N) is 7. The van der Waals surface area contributed by atoms with Gasteiger partial charge in [-0.15, -0.1) is 0 Å². The normalized spacial score (nSPS) is 21.0. The number of rotatable bonds is 7. The number of benzene rings is 2. The highest BCUT2D eigenvalue weighted by Crippen LogP contribution is 2.34. The van der Waals surface area contributed by atoms with E-state index in [0.717, 1.165) is 37.6 Å². The molecule has 0 unspecified atom stereocenters. The van der Waals surface area contributed by atoms with Crippen LogP contribution in [0.4, 0.5) is 17.5 Å². The fourth-order valence-corrected chi connectivity index (χ4v) is 6.60. The van der Waals surface area contributed by atoms with Gasteiger partial charge < -0.3 is 29.8 Å². The van der Waals surface area contributed by atoms with Gasteiger partial charge in [-0.1, -0.05) is 43.0 Å². The number of amides is 1. The van der Waals surface area contributed by atoms with Crippen molar-refractivity contribution in [3.63, 3.8) is 0 Å². The fraction of sp³-hybridized carbons (Fsp3) is 0.438. The van der Waals surface area contributed by atoms with Gasteiger partial charge in [0.15, 0.2) is 0 Å². The SMILES string of the molecule is [C-]#[N+]C[C@H]1CN(c2nc(NC[C@@H]3CCCN3C)nc3c2CCN(c2cccc4ccccc24)C3)CCN1C(=O)C=C. The van der Waals surface area contributed by atoms with Gasteiger partial charge in [0.05, 0.1) is 12.2 Å². The van der Waals surface area contributed by atoms with E-state index >= 15 is 0 Å². The number of likely N-dealkylation sites (N-methyl/N-ethyl adjacent to an activating group) is 1. The molecule has 9 heteroatoms. The summed E-state index contributed by atoms with van der Waals surface area (Å²) in [6, 6.07) is 15.3. The number of fused-ring (bicyclic) bond motifs is 2. The molecule has 2 saturated heterocycles. The van der Waals surface area contributed by atoms with Gasteiger partial charge in [0.2, 0.25) is 18.4 Å². The molecule has 6 rings (SSSR count). The van der Waals surface area contributed by atoms with Crippen molar-refractivity contribution in [1.29, 1.82) is 0 Å². The first-order chi connectivity index (χ1) is 20.1. The molecule has 3 aliphatic heterocycles. The van der Waals surface area contributed by atoms with Crippen molar-refractivity contribution in [3.8, 4) is 0 Å². The van der Waals surface area contributed by atoms with Crippen molar-refractivity contribution >= 4 is 34.1 Å². The van der Waals surface area contributed by atoms with Crippen molar-refractivity contribution in [2.45, 2.75) is 37.9 Å². The number of nitrogens with one attached hydrogen (secondary N) is 1. The van der Waals surface area contributed by atoms with Crippen LogP contribution in [0.3, 0.4) is 0 Å². The van der Waals surface area contributed by atoms with Crippen molar-refractivity contribution in [1.82, 2.24) is 19.8 Å². The number of anilines is 3. The maximum absolute atomic E-state index is 12.5. The predicted molar refractivity (Wildman–Crippen MR) is 164 cm³/mol. The van der Waals surface area contributed by atoms with Crippen LogP contribution in [-0.2, 0) is 17.8 Å².